The zero-order valence-corrected chi connectivity index (χ0v) is 8.30. The second-order valence-electron chi connectivity index (χ2n) is 3.49. The largest absolute Gasteiger partial charge is 0.349 e. The molecule has 0 atom stereocenters. The highest BCUT2D eigenvalue weighted by atomic mass is 79.9. The molecule has 1 saturated carbocycles. The summed E-state index contributed by atoms with van der Waals surface area (Å²) in [7, 11) is 0. The van der Waals surface area contributed by atoms with Crippen molar-refractivity contribution >= 4 is 15.9 Å². The lowest BCUT2D eigenvalue weighted by Gasteiger charge is -2.05. The Hall–Kier alpha value is -0.350. The molecule has 1 fully saturated rings. The van der Waals surface area contributed by atoms with Crippen molar-refractivity contribution in [3.63, 3.8) is 0 Å². The Morgan fingerprint density at radius 1 is 1.67 bits per heavy atom. The topological polar surface area (TPSA) is 52.0 Å². The Morgan fingerprint density at radius 2 is 2.42 bits per heavy atom. The molecule has 4 heteroatoms. The molecule has 0 radical (unpaired) electrons. The van der Waals surface area contributed by atoms with Gasteiger partial charge >= 0.3 is 0 Å². The minimum Gasteiger partial charge on any atom is -0.349 e. The van der Waals surface area contributed by atoms with Gasteiger partial charge in [0.1, 0.15) is 0 Å². The summed E-state index contributed by atoms with van der Waals surface area (Å²) in [6.07, 6.45) is 6.06. The van der Waals surface area contributed by atoms with Crippen LogP contribution in [0.5, 0.6) is 0 Å². The summed E-state index contributed by atoms with van der Waals surface area (Å²) in [5.41, 5.74) is 7.19. The van der Waals surface area contributed by atoms with Gasteiger partial charge < -0.3 is 10.3 Å². The van der Waals surface area contributed by atoms with Crippen LogP contribution in [0.25, 0.3) is 0 Å². The number of hydrogen-bond acceptors (Lipinski definition) is 3. The van der Waals surface area contributed by atoms with Crippen molar-refractivity contribution in [2.45, 2.75) is 31.2 Å². The normalized spacial score (nSPS) is 19.5. The van der Waals surface area contributed by atoms with Gasteiger partial charge in [-0.25, -0.2) is 0 Å². The minimum absolute atomic E-state index is 0.122. The van der Waals surface area contributed by atoms with E-state index in [-0.39, 0.29) is 5.54 Å². The molecule has 0 spiro atoms. The van der Waals surface area contributed by atoms with Crippen molar-refractivity contribution in [1.29, 1.82) is 0 Å². The van der Waals surface area contributed by atoms with Gasteiger partial charge in [0.2, 0.25) is 4.67 Å². The summed E-state index contributed by atoms with van der Waals surface area (Å²) >= 11 is 3.28. The van der Waals surface area contributed by atoms with Crippen molar-refractivity contribution in [2.24, 2.45) is 5.73 Å². The number of rotatable bonds is 3. The van der Waals surface area contributed by atoms with Crippen LogP contribution in [-0.4, -0.2) is 10.7 Å². The zero-order valence-electron chi connectivity index (χ0n) is 6.72. The summed E-state index contributed by atoms with van der Waals surface area (Å²) < 4.78 is 5.62. The van der Waals surface area contributed by atoms with Crippen LogP contribution in [0.4, 0.5) is 0 Å². The molecular formula is C8H11BrN2O. The summed E-state index contributed by atoms with van der Waals surface area (Å²) in [6, 6.07) is 0. The second kappa shape index (κ2) is 2.85. The van der Waals surface area contributed by atoms with Crippen LogP contribution in [0.2, 0.25) is 0 Å². The first-order chi connectivity index (χ1) is 5.70. The quantitative estimate of drug-likeness (QED) is 0.863. The van der Waals surface area contributed by atoms with Crippen LogP contribution in [0.3, 0.4) is 0 Å². The summed E-state index contributed by atoms with van der Waals surface area (Å²) in [4.78, 5) is 0. The number of aromatic nitrogens is 1. The van der Waals surface area contributed by atoms with Crippen LogP contribution in [0, 0.1) is 0 Å². The molecule has 12 heavy (non-hydrogen) atoms. The standard InChI is InChI=1S/C8H11BrN2O/c9-7-6(5-11-12-7)1-2-8(10)3-4-8/h5H,1-4,10H2. The van der Waals surface area contributed by atoms with Gasteiger partial charge in [-0.3, -0.25) is 0 Å². The minimum atomic E-state index is 0.122. The molecule has 1 aromatic rings. The maximum atomic E-state index is 5.95. The maximum absolute atomic E-state index is 5.95. The molecule has 0 aromatic carbocycles. The van der Waals surface area contributed by atoms with Crippen LogP contribution >= 0.6 is 15.9 Å². The van der Waals surface area contributed by atoms with Gasteiger partial charge in [-0.05, 0) is 41.6 Å². The van der Waals surface area contributed by atoms with E-state index in [1.165, 1.54) is 0 Å². The molecule has 0 bridgehead atoms. The number of nitrogens with two attached hydrogens (primary N) is 1. The first-order valence-corrected chi connectivity index (χ1v) is 4.87. The van der Waals surface area contributed by atoms with Crippen molar-refractivity contribution < 1.29 is 4.52 Å². The Balaban J connectivity index is 1.91. The van der Waals surface area contributed by atoms with Crippen LogP contribution in [-0.2, 0) is 6.42 Å². The molecule has 1 aromatic heterocycles. The molecule has 0 unspecified atom stereocenters. The van der Waals surface area contributed by atoms with E-state index in [9.17, 15) is 0 Å². The highest BCUT2D eigenvalue weighted by molar-refractivity contribution is 9.10. The fourth-order valence-corrected chi connectivity index (χ4v) is 1.59. The molecule has 2 N–H and O–H groups in total. The number of aryl methyl sites for hydroxylation is 1. The zero-order chi connectivity index (χ0) is 8.60. The number of nitrogens with zero attached hydrogens (tertiary/aromatic N) is 1. The average Bonchev–Trinajstić information content (AvgIpc) is 2.61. The fraction of sp³-hybridized carbons (Fsp3) is 0.625. The van der Waals surface area contributed by atoms with Crippen LogP contribution < -0.4 is 5.73 Å². The summed E-state index contributed by atoms with van der Waals surface area (Å²) in [5.74, 6) is 0. The SMILES string of the molecule is NC1(CCc2cnoc2Br)CC1. The van der Waals surface area contributed by atoms with Gasteiger partial charge in [-0.2, -0.15) is 0 Å². The first kappa shape index (κ1) is 8.26. The monoisotopic (exact) mass is 230 g/mol. The summed E-state index contributed by atoms with van der Waals surface area (Å²) in [5, 5.41) is 3.68. The Morgan fingerprint density at radius 3 is 2.92 bits per heavy atom. The fourth-order valence-electron chi connectivity index (χ4n) is 1.20. The molecule has 1 heterocycles. The third-order valence-corrected chi connectivity index (χ3v) is 3.03. The lowest BCUT2D eigenvalue weighted by Crippen LogP contribution is -2.21. The Bertz CT molecular complexity index is 280. The van der Waals surface area contributed by atoms with E-state index in [0.29, 0.717) is 0 Å². The summed E-state index contributed by atoms with van der Waals surface area (Å²) in [6.45, 7) is 0. The highest BCUT2D eigenvalue weighted by Gasteiger charge is 2.37. The highest BCUT2D eigenvalue weighted by Crippen LogP contribution is 2.37. The molecule has 0 amide bonds. The van der Waals surface area contributed by atoms with Crippen molar-refractivity contribution in [3.05, 3.63) is 16.4 Å². The van der Waals surface area contributed by atoms with E-state index < -0.39 is 0 Å². The lowest BCUT2D eigenvalue weighted by molar-refractivity contribution is 0.398. The van der Waals surface area contributed by atoms with E-state index in [0.717, 1.165) is 35.9 Å². The van der Waals surface area contributed by atoms with Gasteiger partial charge in [0.15, 0.2) is 0 Å². The van der Waals surface area contributed by atoms with Gasteiger partial charge in [0.05, 0.1) is 6.20 Å². The molecule has 1 aliphatic carbocycles. The van der Waals surface area contributed by atoms with Crippen molar-refractivity contribution in [1.82, 2.24) is 5.16 Å². The number of hydrogen-bond donors (Lipinski definition) is 1. The van der Waals surface area contributed by atoms with Gasteiger partial charge in [0, 0.05) is 11.1 Å². The molecule has 0 saturated heterocycles. The molecule has 1 aliphatic rings. The number of halogens is 1. The van der Waals surface area contributed by atoms with Gasteiger partial charge in [-0.15, -0.1) is 0 Å². The smallest absolute Gasteiger partial charge is 0.205 e. The van der Waals surface area contributed by atoms with Crippen molar-refractivity contribution in [2.75, 3.05) is 0 Å². The van der Waals surface area contributed by atoms with Gasteiger partial charge in [0.25, 0.3) is 0 Å². The third kappa shape index (κ3) is 1.69. The second-order valence-corrected chi connectivity index (χ2v) is 4.21. The Labute approximate surface area is 79.4 Å². The predicted molar refractivity (Wildman–Crippen MR) is 48.7 cm³/mol. The Kier molecular flexibility index (Phi) is 1.96. The van der Waals surface area contributed by atoms with Crippen LogP contribution in [0.15, 0.2) is 15.4 Å². The molecule has 3 nitrogen and oxygen atoms in total. The first-order valence-electron chi connectivity index (χ1n) is 4.08. The van der Waals surface area contributed by atoms with Crippen LogP contribution in [0.1, 0.15) is 24.8 Å². The average molecular weight is 231 g/mol. The maximum Gasteiger partial charge on any atom is 0.205 e. The van der Waals surface area contributed by atoms with E-state index in [1.807, 2.05) is 0 Å². The van der Waals surface area contributed by atoms with E-state index in [1.54, 1.807) is 6.20 Å². The van der Waals surface area contributed by atoms with Gasteiger partial charge in [-0.1, -0.05) is 5.16 Å². The van der Waals surface area contributed by atoms with Crippen molar-refractivity contribution in [3.8, 4) is 0 Å². The third-order valence-electron chi connectivity index (χ3n) is 2.38. The van der Waals surface area contributed by atoms with E-state index >= 15 is 0 Å². The molecule has 0 aliphatic heterocycles. The predicted octanol–water partition coefficient (Wildman–Crippen LogP) is 1.86. The van der Waals surface area contributed by atoms with E-state index in [2.05, 4.69) is 21.1 Å². The van der Waals surface area contributed by atoms with E-state index in [4.69, 9.17) is 10.3 Å². The molecule has 2 rings (SSSR count). The molecule has 66 valence electrons. The molecular weight excluding hydrogens is 220 g/mol. The lowest BCUT2D eigenvalue weighted by atomic mass is 10.1.